The third-order valence-electron chi connectivity index (χ3n) is 3.64. The molecule has 21 heavy (non-hydrogen) atoms. The smallest absolute Gasteiger partial charge is 0.272 e. The first-order chi connectivity index (χ1) is 9.75. The molecule has 1 aliphatic rings. The number of carbonyl (C=O) groups excluding carboxylic acids is 1. The van der Waals surface area contributed by atoms with Gasteiger partial charge in [-0.2, -0.15) is 5.10 Å². The van der Waals surface area contributed by atoms with Gasteiger partial charge in [0.15, 0.2) is 0 Å². The van der Waals surface area contributed by atoms with Crippen LogP contribution in [0.4, 0.5) is 0 Å². The lowest BCUT2D eigenvalue weighted by Gasteiger charge is -2.33. The maximum absolute atomic E-state index is 12.5. The minimum absolute atomic E-state index is 0. The first-order valence-electron chi connectivity index (χ1n) is 6.88. The monoisotopic (exact) mass is 306 g/mol. The molecule has 1 aromatic heterocycles. The van der Waals surface area contributed by atoms with E-state index in [9.17, 15) is 4.79 Å². The Kier molecular flexibility index (Phi) is 4.98. The van der Waals surface area contributed by atoms with Crippen molar-refractivity contribution in [2.45, 2.75) is 13.0 Å². The number of rotatable bonds is 2. The average molecular weight is 307 g/mol. The molecule has 1 aliphatic heterocycles. The topological polar surface area (TPSA) is 61.0 Å². The molecular weight excluding hydrogens is 288 g/mol. The predicted molar refractivity (Wildman–Crippen MR) is 84.6 cm³/mol. The molecule has 1 aromatic carbocycles. The second kappa shape index (κ2) is 6.74. The fourth-order valence-electron chi connectivity index (χ4n) is 2.49. The maximum atomic E-state index is 12.5. The van der Waals surface area contributed by atoms with Crippen molar-refractivity contribution in [1.82, 2.24) is 20.4 Å². The number of hydrogen-bond acceptors (Lipinski definition) is 3. The maximum Gasteiger partial charge on any atom is 0.272 e. The molecule has 1 saturated heterocycles. The van der Waals surface area contributed by atoms with Crippen molar-refractivity contribution in [2.24, 2.45) is 0 Å². The first kappa shape index (κ1) is 15.5. The normalized spacial score (nSPS) is 18.1. The second-order valence-corrected chi connectivity index (χ2v) is 5.08. The fourth-order valence-corrected chi connectivity index (χ4v) is 2.49. The molecule has 5 nitrogen and oxygen atoms in total. The van der Waals surface area contributed by atoms with Gasteiger partial charge in [-0.05, 0) is 13.0 Å². The Hall–Kier alpha value is -1.85. The highest BCUT2D eigenvalue weighted by atomic mass is 35.5. The summed E-state index contributed by atoms with van der Waals surface area (Å²) in [4.78, 5) is 14.4. The van der Waals surface area contributed by atoms with E-state index in [4.69, 9.17) is 0 Å². The van der Waals surface area contributed by atoms with Gasteiger partial charge in [-0.15, -0.1) is 12.4 Å². The molecular formula is C15H19ClN4O. The molecule has 0 radical (unpaired) electrons. The number of aromatic nitrogens is 2. The molecule has 0 spiro atoms. The van der Waals surface area contributed by atoms with Crippen molar-refractivity contribution >= 4 is 18.3 Å². The lowest BCUT2D eigenvalue weighted by atomic mass is 10.1. The lowest BCUT2D eigenvalue weighted by molar-refractivity contribution is 0.0649. The van der Waals surface area contributed by atoms with E-state index in [0.717, 1.165) is 30.9 Å². The fraction of sp³-hybridized carbons (Fsp3) is 0.333. The van der Waals surface area contributed by atoms with E-state index in [0.29, 0.717) is 5.69 Å². The summed E-state index contributed by atoms with van der Waals surface area (Å²) in [5.74, 6) is 0.0219. The van der Waals surface area contributed by atoms with Crippen LogP contribution in [-0.2, 0) is 0 Å². The zero-order valence-corrected chi connectivity index (χ0v) is 12.7. The molecule has 112 valence electrons. The third-order valence-corrected chi connectivity index (χ3v) is 3.64. The highest BCUT2D eigenvalue weighted by molar-refractivity contribution is 5.93. The molecule has 2 N–H and O–H groups in total. The van der Waals surface area contributed by atoms with Crippen LogP contribution >= 0.6 is 12.4 Å². The van der Waals surface area contributed by atoms with Crippen LogP contribution in [0.1, 0.15) is 17.4 Å². The quantitative estimate of drug-likeness (QED) is 0.891. The van der Waals surface area contributed by atoms with Crippen molar-refractivity contribution < 1.29 is 4.79 Å². The van der Waals surface area contributed by atoms with Gasteiger partial charge in [-0.3, -0.25) is 9.89 Å². The number of aromatic amines is 1. The van der Waals surface area contributed by atoms with E-state index in [2.05, 4.69) is 22.4 Å². The summed E-state index contributed by atoms with van der Waals surface area (Å²) in [5, 5.41) is 10.4. The zero-order chi connectivity index (χ0) is 13.9. The van der Waals surface area contributed by atoms with Crippen molar-refractivity contribution in [3.63, 3.8) is 0 Å². The van der Waals surface area contributed by atoms with Gasteiger partial charge < -0.3 is 10.2 Å². The number of nitrogens with zero attached hydrogens (tertiary/aromatic N) is 2. The number of H-pyrrole nitrogens is 1. The molecule has 1 unspecified atom stereocenters. The largest absolute Gasteiger partial charge is 0.332 e. The number of benzene rings is 1. The molecule has 1 atom stereocenters. The van der Waals surface area contributed by atoms with Crippen molar-refractivity contribution in [3.05, 3.63) is 42.1 Å². The number of piperazine rings is 1. The van der Waals surface area contributed by atoms with Gasteiger partial charge >= 0.3 is 0 Å². The summed E-state index contributed by atoms with van der Waals surface area (Å²) >= 11 is 0. The molecule has 0 bridgehead atoms. The predicted octanol–water partition coefficient (Wildman–Crippen LogP) is 1.93. The number of halogens is 1. The Morgan fingerprint density at radius 2 is 2.10 bits per heavy atom. The summed E-state index contributed by atoms with van der Waals surface area (Å²) in [5.41, 5.74) is 2.37. The van der Waals surface area contributed by atoms with Gasteiger partial charge in [-0.1, -0.05) is 30.3 Å². The Balaban J connectivity index is 0.00000161. The summed E-state index contributed by atoms with van der Waals surface area (Å²) in [6.07, 6.45) is 0. The van der Waals surface area contributed by atoms with Gasteiger partial charge in [0.1, 0.15) is 5.69 Å². The third kappa shape index (κ3) is 3.25. The lowest BCUT2D eigenvalue weighted by Crippen LogP contribution is -2.52. The van der Waals surface area contributed by atoms with Crippen molar-refractivity contribution in [3.8, 4) is 11.3 Å². The van der Waals surface area contributed by atoms with E-state index >= 15 is 0 Å². The molecule has 1 amide bonds. The molecule has 3 rings (SSSR count). The number of carbonyl (C=O) groups is 1. The number of amides is 1. The van der Waals surface area contributed by atoms with Crippen molar-refractivity contribution in [1.29, 1.82) is 0 Å². The van der Waals surface area contributed by atoms with Crippen LogP contribution in [0.2, 0.25) is 0 Å². The highest BCUT2D eigenvalue weighted by Crippen LogP contribution is 2.18. The summed E-state index contributed by atoms with van der Waals surface area (Å²) in [7, 11) is 0. The number of nitrogens with one attached hydrogen (secondary N) is 2. The molecule has 1 fully saturated rings. The van der Waals surface area contributed by atoms with Crippen LogP contribution in [0.3, 0.4) is 0 Å². The van der Waals surface area contributed by atoms with Crippen molar-refractivity contribution in [2.75, 3.05) is 19.6 Å². The van der Waals surface area contributed by atoms with E-state index in [-0.39, 0.29) is 24.4 Å². The standard InChI is InChI=1S/C15H18N4O.ClH/c1-11-10-16-7-8-19(11)15(20)14-9-13(17-18-14)12-5-3-2-4-6-12;/h2-6,9,11,16H,7-8,10H2,1H3,(H,17,18);1H. The summed E-state index contributed by atoms with van der Waals surface area (Å²) in [6.45, 7) is 4.47. The molecule has 0 aliphatic carbocycles. The van der Waals surface area contributed by atoms with Crippen LogP contribution in [0.5, 0.6) is 0 Å². The average Bonchev–Trinajstić information content (AvgIpc) is 2.98. The highest BCUT2D eigenvalue weighted by Gasteiger charge is 2.25. The SMILES string of the molecule is CC1CNCCN1C(=O)c1cc(-c2ccccc2)n[nH]1.Cl. The Morgan fingerprint density at radius 1 is 1.33 bits per heavy atom. The molecule has 2 aromatic rings. The van der Waals surface area contributed by atoms with E-state index in [1.54, 1.807) is 0 Å². The Morgan fingerprint density at radius 3 is 2.81 bits per heavy atom. The van der Waals surface area contributed by atoms with Crippen LogP contribution in [0.25, 0.3) is 11.3 Å². The first-order valence-corrected chi connectivity index (χ1v) is 6.88. The minimum atomic E-state index is 0. The number of hydrogen-bond donors (Lipinski definition) is 2. The Labute approximate surface area is 130 Å². The van der Waals surface area contributed by atoms with Gasteiger partial charge in [0, 0.05) is 31.2 Å². The molecule has 2 heterocycles. The molecule has 6 heteroatoms. The van der Waals surface area contributed by atoms with E-state index in [1.165, 1.54) is 0 Å². The minimum Gasteiger partial charge on any atom is -0.332 e. The van der Waals surface area contributed by atoms with Gasteiger partial charge in [0.05, 0.1) is 5.69 Å². The van der Waals surface area contributed by atoms with Gasteiger partial charge in [-0.25, -0.2) is 0 Å². The van der Waals surface area contributed by atoms with Crippen LogP contribution in [0.15, 0.2) is 36.4 Å². The van der Waals surface area contributed by atoms with Gasteiger partial charge in [0.25, 0.3) is 5.91 Å². The van der Waals surface area contributed by atoms with Crippen LogP contribution in [0, 0.1) is 0 Å². The van der Waals surface area contributed by atoms with E-state index < -0.39 is 0 Å². The van der Waals surface area contributed by atoms with Crippen LogP contribution in [-0.4, -0.2) is 46.7 Å². The summed E-state index contributed by atoms with van der Waals surface area (Å²) < 4.78 is 0. The zero-order valence-electron chi connectivity index (χ0n) is 11.9. The Bertz CT molecular complexity index is 599. The van der Waals surface area contributed by atoms with Gasteiger partial charge in [0.2, 0.25) is 0 Å². The second-order valence-electron chi connectivity index (χ2n) is 5.08. The van der Waals surface area contributed by atoms with E-state index in [1.807, 2.05) is 41.3 Å². The molecule has 0 saturated carbocycles. The summed E-state index contributed by atoms with van der Waals surface area (Å²) in [6, 6.07) is 11.9. The van der Waals surface area contributed by atoms with Crippen LogP contribution < -0.4 is 5.32 Å².